The Morgan fingerprint density at radius 1 is 1.39 bits per heavy atom. The molecule has 4 N–H and O–H groups in total. The third-order valence-corrected chi connectivity index (χ3v) is 2.88. The number of aromatic nitrogens is 2. The van der Waals surface area contributed by atoms with Gasteiger partial charge < -0.3 is 20.8 Å². The normalized spacial score (nSPS) is 11.3. The van der Waals surface area contributed by atoms with Gasteiger partial charge in [0, 0.05) is 18.8 Å². The largest absolute Gasteiger partial charge is 0.443 e. The second-order valence-corrected chi connectivity index (χ2v) is 5.99. The molecule has 1 aromatic heterocycles. The SMILES string of the molecule is CC(C)(C)OC(=O)N(CCN)C(=O)Nc1ccc2nc[nH]c2c1. The van der Waals surface area contributed by atoms with Gasteiger partial charge in [0.05, 0.1) is 17.4 Å². The van der Waals surface area contributed by atoms with Crippen LogP contribution >= 0.6 is 0 Å². The van der Waals surface area contributed by atoms with Crippen LogP contribution in [0.1, 0.15) is 20.8 Å². The molecule has 0 bridgehead atoms. The van der Waals surface area contributed by atoms with E-state index in [2.05, 4.69) is 15.3 Å². The highest BCUT2D eigenvalue weighted by atomic mass is 16.6. The third-order valence-electron chi connectivity index (χ3n) is 2.88. The van der Waals surface area contributed by atoms with Crippen molar-refractivity contribution in [3.8, 4) is 0 Å². The van der Waals surface area contributed by atoms with Crippen molar-refractivity contribution in [3.63, 3.8) is 0 Å². The monoisotopic (exact) mass is 319 g/mol. The fraction of sp³-hybridized carbons (Fsp3) is 0.400. The standard InChI is InChI=1S/C15H21N5O3/c1-15(2,3)23-14(22)20(7-6-16)13(21)19-10-4-5-11-12(8-10)18-9-17-11/h4-5,8-9H,6-7,16H2,1-3H3,(H,17,18)(H,19,21). The summed E-state index contributed by atoms with van der Waals surface area (Å²) in [5, 5.41) is 2.66. The Morgan fingerprint density at radius 3 is 2.78 bits per heavy atom. The van der Waals surface area contributed by atoms with Crippen LogP contribution in [0.3, 0.4) is 0 Å². The molecule has 1 heterocycles. The van der Waals surface area contributed by atoms with E-state index in [9.17, 15) is 9.59 Å². The number of urea groups is 1. The first-order valence-electron chi connectivity index (χ1n) is 7.25. The minimum absolute atomic E-state index is 0.0625. The summed E-state index contributed by atoms with van der Waals surface area (Å²) in [7, 11) is 0. The number of amides is 3. The second-order valence-electron chi connectivity index (χ2n) is 5.99. The second kappa shape index (κ2) is 6.66. The lowest BCUT2D eigenvalue weighted by Crippen LogP contribution is -2.45. The summed E-state index contributed by atoms with van der Waals surface area (Å²) in [6.07, 6.45) is 0.834. The molecule has 0 atom stereocenters. The van der Waals surface area contributed by atoms with Crippen LogP contribution in [0.5, 0.6) is 0 Å². The Hall–Kier alpha value is -2.61. The third kappa shape index (κ3) is 4.43. The van der Waals surface area contributed by atoms with Crippen LogP contribution in [-0.4, -0.2) is 45.7 Å². The van der Waals surface area contributed by atoms with Crippen molar-refractivity contribution in [2.24, 2.45) is 5.73 Å². The number of carbonyl (C=O) groups is 2. The first kappa shape index (κ1) is 16.8. The highest BCUT2D eigenvalue weighted by Gasteiger charge is 2.26. The molecule has 0 spiro atoms. The molecule has 0 aliphatic rings. The van der Waals surface area contributed by atoms with Gasteiger partial charge in [-0.2, -0.15) is 0 Å². The van der Waals surface area contributed by atoms with Gasteiger partial charge in [0.1, 0.15) is 5.60 Å². The quantitative estimate of drug-likeness (QED) is 0.803. The van der Waals surface area contributed by atoms with Crippen LogP contribution in [0.4, 0.5) is 15.3 Å². The van der Waals surface area contributed by atoms with Crippen LogP contribution in [0, 0.1) is 0 Å². The average Bonchev–Trinajstić information content (AvgIpc) is 2.90. The Bertz CT molecular complexity index is 704. The van der Waals surface area contributed by atoms with E-state index < -0.39 is 17.7 Å². The lowest BCUT2D eigenvalue weighted by Gasteiger charge is -2.26. The summed E-state index contributed by atoms with van der Waals surface area (Å²) in [6.45, 7) is 5.40. The van der Waals surface area contributed by atoms with Gasteiger partial charge in [-0.15, -0.1) is 0 Å². The van der Waals surface area contributed by atoms with Gasteiger partial charge in [0.25, 0.3) is 0 Å². The van der Waals surface area contributed by atoms with Gasteiger partial charge >= 0.3 is 12.1 Å². The summed E-state index contributed by atoms with van der Waals surface area (Å²) < 4.78 is 5.22. The number of fused-ring (bicyclic) bond motifs is 1. The molecule has 0 unspecified atom stereocenters. The molecule has 3 amide bonds. The summed E-state index contributed by atoms with van der Waals surface area (Å²) >= 11 is 0. The lowest BCUT2D eigenvalue weighted by atomic mass is 10.2. The Balaban J connectivity index is 2.12. The van der Waals surface area contributed by atoms with Crippen LogP contribution in [0.25, 0.3) is 11.0 Å². The smallest absolute Gasteiger partial charge is 0.418 e. The Labute approximate surface area is 134 Å². The number of hydrogen-bond acceptors (Lipinski definition) is 5. The summed E-state index contributed by atoms with van der Waals surface area (Å²) in [6, 6.07) is 4.61. The van der Waals surface area contributed by atoms with Crippen molar-refractivity contribution in [3.05, 3.63) is 24.5 Å². The molecule has 8 heteroatoms. The van der Waals surface area contributed by atoms with Gasteiger partial charge in [0.15, 0.2) is 0 Å². The maximum Gasteiger partial charge on any atom is 0.418 e. The van der Waals surface area contributed by atoms with Crippen LogP contribution in [0.2, 0.25) is 0 Å². The predicted octanol–water partition coefficient (Wildman–Crippen LogP) is 2.29. The molecular weight excluding hydrogens is 298 g/mol. The molecule has 23 heavy (non-hydrogen) atoms. The average molecular weight is 319 g/mol. The molecule has 2 rings (SSSR count). The van der Waals surface area contributed by atoms with E-state index in [4.69, 9.17) is 10.5 Å². The number of hydrogen-bond donors (Lipinski definition) is 3. The fourth-order valence-electron chi connectivity index (χ4n) is 1.93. The van der Waals surface area contributed by atoms with Crippen molar-refractivity contribution < 1.29 is 14.3 Å². The van der Waals surface area contributed by atoms with Crippen molar-refractivity contribution in [1.29, 1.82) is 0 Å². The summed E-state index contributed by atoms with van der Waals surface area (Å²) in [5.74, 6) is 0. The zero-order chi connectivity index (χ0) is 17.0. The van der Waals surface area contributed by atoms with Crippen molar-refractivity contribution in [2.75, 3.05) is 18.4 Å². The molecule has 124 valence electrons. The number of nitrogens with one attached hydrogen (secondary N) is 2. The number of ether oxygens (including phenoxy) is 1. The van der Waals surface area contributed by atoms with Gasteiger partial charge in [-0.05, 0) is 39.0 Å². The Morgan fingerprint density at radius 2 is 2.13 bits per heavy atom. The Kier molecular flexibility index (Phi) is 4.85. The van der Waals surface area contributed by atoms with Crippen molar-refractivity contribution in [2.45, 2.75) is 26.4 Å². The van der Waals surface area contributed by atoms with E-state index >= 15 is 0 Å². The molecule has 0 saturated carbocycles. The van der Waals surface area contributed by atoms with E-state index in [0.717, 1.165) is 15.9 Å². The van der Waals surface area contributed by atoms with E-state index in [-0.39, 0.29) is 13.1 Å². The minimum Gasteiger partial charge on any atom is -0.443 e. The molecule has 0 aliphatic carbocycles. The number of H-pyrrole nitrogens is 1. The van der Waals surface area contributed by atoms with Gasteiger partial charge in [0.2, 0.25) is 0 Å². The number of imide groups is 1. The minimum atomic E-state index is -0.733. The van der Waals surface area contributed by atoms with Crippen LogP contribution in [0.15, 0.2) is 24.5 Å². The lowest BCUT2D eigenvalue weighted by molar-refractivity contribution is 0.0337. The highest BCUT2D eigenvalue weighted by Crippen LogP contribution is 2.17. The molecule has 0 saturated heterocycles. The van der Waals surface area contributed by atoms with Gasteiger partial charge in [-0.3, -0.25) is 0 Å². The number of benzene rings is 1. The molecule has 2 aromatic rings. The van der Waals surface area contributed by atoms with Crippen molar-refractivity contribution >= 4 is 28.8 Å². The maximum atomic E-state index is 12.3. The summed E-state index contributed by atoms with van der Waals surface area (Å²) in [5.41, 5.74) is 6.89. The van der Waals surface area contributed by atoms with Crippen molar-refractivity contribution in [1.82, 2.24) is 14.9 Å². The number of carbonyl (C=O) groups excluding carboxylic acids is 2. The topological polar surface area (TPSA) is 113 Å². The molecule has 0 radical (unpaired) electrons. The molecule has 1 aromatic carbocycles. The first-order chi connectivity index (χ1) is 10.8. The number of nitrogens with two attached hydrogens (primary N) is 1. The van der Waals surface area contributed by atoms with E-state index in [1.165, 1.54) is 0 Å². The molecular formula is C15H21N5O3. The van der Waals surface area contributed by atoms with Crippen LogP contribution < -0.4 is 11.1 Å². The molecule has 0 aliphatic heterocycles. The number of imidazole rings is 1. The van der Waals surface area contributed by atoms with Crippen LogP contribution in [-0.2, 0) is 4.74 Å². The summed E-state index contributed by atoms with van der Waals surface area (Å²) in [4.78, 5) is 32.5. The number of anilines is 1. The van der Waals surface area contributed by atoms with E-state index in [0.29, 0.717) is 5.69 Å². The predicted molar refractivity (Wildman–Crippen MR) is 87.1 cm³/mol. The molecule has 0 fully saturated rings. The number of nitrogens with zero attached hydrogens (tertiary/aromatic N) is 2. The maximum absolute atomic E-state index is 12.3. The highest BCUT2D eigenvalue weighted by molar-refractivity contribution is 6.00. The van der Waals surface area contributed by atoms with Gasteiger partial charge in [-0.25, -0.2) is 19.5 Å². The molecule has 8 nitrogen and oxygen atoms in total. The van der Waals surface area contributed by atoms with E-state index in [1.54, 1.807) is 45.3 Å². The zero-order valence-corrected chi connectivity index (χ0v) is 13.4. The zero-order valence-electron chi connectivity index (χ0n) is 13.4. The van der Waals surface area contributed by atoms with E-state index in [1.807, 2.05) is 0 Å². The number of rotatable bonds is 3. The van der Waals surface area contributed by atoms with Gasteiger partial charge in [-0.1, -0.05) is 0 Å². The fourth-order valence-corrected chi connectivity index (χ4v) is 1.93. The number of aromatic amines is 1. The first-order valence-corrected chi connectivity index (χ1v) is 7.25.